The lowest BCUT2D eigenvalue weighted by Gasteiger charge is -2.10. The fourth-order valence-electron chi connectivity index (χ4n) is 2.14. The molecule has 0 unspecified atom stereocenters. The summed E-state index contributed by atoms with van der Waals surface area (Å²) in [6.07, 6.45) is 0. The lowest BCUT2D eigenvalue weighted by molar-refractivity contribution is 0.0602. The van der Waals surface area contributed by atoms with Crippen LogP contribution in [-0.2, 0) is 4.74 Å². The van der Waals surface area contributed by atoms with Crippen molar-refractivity contribution in [3.8, 4) is 0 Å². The SMILES string of the molecule is COC(=O)c1cc2ncsc2cc1NC(=O)c1cccc(C)n1. The number of aryl methyl sites for hydroxylation is 1. The van der Waals surface area contributed by atoms with Gasteiger partial charge in [-0.3, -0.25) is 4.79 Å². The van der Waals surface area contributed by atoms with Gasteiger partial charge in [0.15, 0.2) is 0 Å². The molecule has 0 saturated carbocycles. The Morgan fingerprint density at radius 1 is 1.26 bits per heavy atom. The predicted octanol–water partition coefficient (Wildman–Crippen LogP) is 3.04. The third kappa shape index (κ3) is 3.04. The maximum atomic E-state index is 12.4. The molecule has 0 saturated heterocycles. The number of hydrogen-bond donors (Lipinski definition) is 1. The van der Waals surface area contributed by atoms with Crippen LogP contribution >= 0.6 is 11.3 Å². The van der Waals surface area contributed by atoms with Crippen molar-refractivity contribution in [2.75, 3.05) is 12.4 Å². The molecule has 6 nitrogen and oxygen atoms in total. The molecule has 7 heteroatoms. The normalized spacial score (nSPS) is 10.5. The van der Waals surface area contributed by atoms with Gasteiger partial charge < -0.3 is 10.1 Å². The monoisotopic (exact) mass is 327 g/mol. The van der Waals surface area contributed by atoms with Crippen LogP contribution in [0.1, 0.15) is 26.5 Å². The number of carbonyl (C=O) groups is 2. The van der Waals surface area contributed by atoms with Crippen LogP contribution < -0.4 is 5.32 Å². The Bertz CT molecular complexity index is 904. The third-order valence-corrected chi connectivity index (χ3v) is 4.04. The number of benzene rings is 1. The zero-order valence-electron chi connectivity index (χ0n) is 12.5. The number of anilines is 1. The number of hydrogen-bond acceptors (Lipinski definition) is 6. The van der Waals surface area contributed by atoms with Crippen molar-refractivity contribution in [1.82, 2.24) is 9.97 Å². The molecule has 0 aliphatic carbocycles. The topological polar surface area (TPSA) is 81.2 Å². The molecule has 23 heavy (non-hydrogen) atoms. The van der Waals surface area contributed by atoms with Gasteiger partial charge in [-0.2, -0.15) is 0 Å². The maximum Gasteiger partial charge on any atom is 0.340 e. The van der Waals surface area contributed by atoms with Crippen LogP contribution in [0.4, 0.5) is 5.69 Å². The van der Waals surface area contributed by atoms with Crippen LogP contribution in [0.2, 0.25) is 0 Å². The van der Waals surface area contributed by atoms with Crippen LogP contribution in [0.3, 0.4) is 0 Å². The summed E-state index contributed by atoms with van der Waals surface area (Å²) in [5, 5.41) is 2.73. The minimum atomic E-state index is -0.535. The average molecular weight is 327 g/mol. The summed E-state index contributed by atoms with van der Waals surface area (Å²) in [6, 6.07) is 8.50. The first-order valence-electron chi connectivity index (χ1n) is 6.79. The van der Waals surface area contributed by atoms with Crippen LogP contribution in [0.15, 0.2) is 35.8 Å². The molecule has 0 fully saturated rings. The first-order valence-corrected chi connectivity index (χ1v) is 7.67. The molecule has 0 radical (unpaired) electrons. The van der Waals surface area contributed by atoms with Gasteiger partial charge in [-0.1, -0.05) is 6.07 Å². The van der Waals surface area contributed by atoms with Gasteiger partial charge in [0.05, 0.1) is 34.1 Å². The second kappa shape index (κ2) is 6.13. The minimum Gasteiger partial charge on any atom is -0.465 e. The summed E-state index contributed by atoms with van der Waals surface area (Å²) >= 11 is 1.42. The molecule has 3 aromatic rings. The van der Waals surface area contributed by atoms with E-state index in [1.165, 1.54) is 18.4 Å². The molecule has 3 rings (SSSR count). The van der Waals surface area contributed by atoms with Gasteiger partial charge >= 0.3 is 5.97 Å². The van der Waals surface area contributed by atoms with Gasteiger partial charge in [-0.25, -0.2) is 14.8 Å². The summed E-state index contributed by atoms with van der Waals surface area (Å²) < 4.78 is 5.64. The zero-order valence-corrected chi connectivity index (χ0v) is 13.3. The maximum absolute atomic E-state index is 12.4. The van der Waals surface area contributed by atoms with Gasteiger partial charge in [0.2, 0.25) is 0 Å². The number of ether oxygens (including phenoxy) is 1. The number of amides is 1. The van der Waals surface area contributed by atoms with Gasteiger partial charge in [0.25, 0.3) is 5.91 Å². The standard InChI is InChI=1S/C16H13N3O3S/c1-9-4-3-5-11(18-9)15(20)19-12-7-14-13(17-8-23-14)6-10(12)16(21)22-2/h3-8H,1-2H3,(H,19,20). The van der Waals surface area contributed by atoms with Crippen molar-refractivity contribution < 1.29 is 14.3 Å². The molecule has 0 aliphatic rings. The van der Waals surface area contributed by atoms with Crippen LogP contribution in [0.25, 0.3) is 10.2 Å². The molecular formula is C16H13N3O3S. The van der Waals surface area contributed by atoms with E-state index in [-0.39, 0.29) is 17.2 Å². The van der Waals surface area contributed by atoms with Crippen molar-refractivity contribution in [3.05, 3.63) is 52.8 Å². The Kier molecular flexibility index (Phi) is 4.03. The van der Waals surface area contributed by atoms with E-state index in [2.05, 4.69) is 15.3 Å². The predicted molar refractivity (Wildman–Crippen MR) is 87.9 cm³/mol. The largest absolute Gasteiger partial charge is 0.465 e. The number of carbonyl (C=O) groups excluding carboxylic acids is 2. The summed E-state index contributed by atoms with van der Waals surface area (Å²) in [6.45, 7) is 1.81. The highest BCUT2D eigenvalue weighted by Crippen LogP contribution is 2.27. The molecule has 0 bridgehead atoms. The van der Waals surface area contributed by atoms with Crippen LogP contribution in [-0.4, -0.2) is 29.0 Å². The number of nitrogens with one attached hydrogen (secondary N) is 1. The van der Waals surface area contributed by atoms with Gasteiger partial charge in [-0.05, 0) is 31.2 Å². The summed E-state index contributed by atoms with van der Waals surface area (Å²) in [4.78, 5) is 32.7. The Hall–Kier alpha value is -2.80. The lowest BCUT2D eigenvalue weighted by Crippen LogP contribution is -2.17. The highest BCUT2D eigenvalue weighted by Gasteiger charge is 2.17. The van der Waals surface area contributed by atoms with E-state index >= 15 is 0 Å². The third-order valence-electron chi connectivity index (χ3n) is 3.25. The Morgan fingerprint density at radius 3 is 2.83 bits per heavy atom. The molecule has 1 aromatic carbocycles. The van der Waals surface area contributed by atoms with Crippen LogP contribution in [0, 0.1) is 6.92 Å². The number of thiazole rings is 1. The fraction of sp³-hybridized carbons (Fsp3) is 0.125. The van der Waals surface area contributed by atoms with Gasteiger partial charge in [-0.15, -0.1) is 11.3 Å². The van der Waals surface area contributed by atoms with E-state index in [0.29, 0.717) is 11.2 Å². The number of aromatic nitrogens is 2. The zero-order chi connectivity index (χ0) is 16.4. The molecule has 0 spiro atoms. The number of fused-ring (bicyclic) bond motifs is 1. The number of methoxy groups -OCH3 is 1. The number of rotatable bonds is 3. The molecule has 2 heterocycles. The van der Waals surface area contributed by atoms with Crippen molar-refractivity contribution in [1.29, 1.82) is 0 Å². The van der Waals surface area contributed by atoms with Gasteiger partial charge in [0, 0.05) is 5.69 Å². The van der Waals surface area contributed by atoms with Crippen molar-refractivity contribution in [2.45, 2.75) is 6.92 Å². The van der Waals surface area contributed by atoms with Crippen molar-refractivity contribution in [2.24, 2.45) is 0 Å². The number of nitrogens with zero attached hydrogens (tertiary/aromatic N) is 2. The molecule has 0 atom stereocenters. The number of pyridine rings is 1. The average Bonchev–Trinajstić information content (AvgIpc) is 3.00. The van der Waals surface area contributed by atoms with E-state index in [4.69, 9.17) is 4.74 Å². The van der Waals surface area contributed by atoms with Crippen molar-refractivity contribution in [3.63, 3.8) is 0 Å². The second-order valence-electron chi connectivity index (χ2n) is 4.83. The number of esters is 1. The highest BCUT2D eigenvalue weighted by molar-refractivity contribution is 7.16. The van der Waals surface area contributed by atoms with E-state index in [1.807, 2.05) is 0 Å². The first kappa shape index (κ1) is 15.1. The summed E-state index contributed by atoms with van der Waals surface area (Å²) in [7, 11) is 1.29. The lowest BCUT2D eigenvalue weighted by atomic mass is 10.1. The Morgan fingerprint density at radius 2 is 2.09 bits per heavy atom. The highest BCUT2D eigenvalue weighted by atomic mass is 32.1. The van der Waals surface area contributed by atoms with Gasteiger partial charge in [0.1, 0.15) is 5.69 Å². The quantitative estimate of drug-likeness (QED) is 0.748. The summed E-state index contributed by atoms with van der Waals surface area (Å²) in [5.41, 5.74) is 4.02. The molecule has 1 amide bonds. The minimum absolute atomic E-state index is 0.256. The molecule has 1 N–H and O–H groups in total. The molecular weight excluding hydrogens is 314 g/mol. The Balaban J connectivity index is 2.00. The Labute approximate surface area is 136 Å². The molecule has 116 valence electrons. The van der Waals surface area contributed by atoms with Crippen LogP contribution in [0.5, 0.6) is 0 Å². The van der Waals surface area contributed by atoms with E-state index < -0.39 is 5.97 Å². The van der Waals surface area contributed by atoms with E-state index in [1.54, 1.807) is 42.8 Å². The van der Waals surface area contributed by atoms with Crippen molar-refractivity contribution >= 4 is 39.1 Å². The first-order chi connectivity index (χ1) is 11.1. The van der Waals surface area contributed by atoms with E-state index in [0.717, 1.165) is 10.4 Å². The smallest absolute Gasteiger partial charge is 0.340 e. The summed E-state index contributed by atoms with van der Waals surface area (Å²) in [5.74, 6) is -0.921. The molecule has 2 aromatic heterocycles. The molecule has 0 aliphatic heterocycles. The second-order valence-corrected chi connectivity index (χ2v) is 5.71. The van der Waals surface area contributed by atoms with E-state index in [9.17, 15) is 9.59 Å². The fourth-order valence-corrected chi connectivity index (χ4v) is 2.84.